The molecule has 5 nitrogen and oxygen atoms in total. The summed E-state index contributed by atoms with van der Waals surface area (Å²) in [7, 11) is 0. The minimum absolute atomic E-state index is 0.0200. The van der Waals surface area contributed by atoms with Crippen molar-refractivity contribution in [2.24, 2.45) is 0 Å². The number of esters is 1. The number of carbonyl (C=O) groups is 1. The monoisotopic (exact) mass is 408 g/mol. The summed E-state index contributed by atoms with van der Waals surface area (Å²) in [5, 5.41) is 0.161. The summed E-state index contributed by atoms with van der Waals surface area (Å²) in [4.78, 5) is 29.0. The number of thioether (sulfide) groups is 1. The van der Waals surface area contributed by atoms with E-state index in [-0.39, 0.29) is 28.6 Å². The van der Waals surface area contributed by atoms with Crippen molar-refractivity contribution in [2.45, 2.75) is 18.3 Å². The van der Waals surface area contributed by atoms with Crippen LogP contribution >= 0.6 is 11.8 Å². The number of hydrogen-bond donors (Lipinski definition) is 0. The third kappa shape index (κ3) is 4.04. The fourth-order valence-corrected chi connectivity index (χ4v) is 3.46. The van der Waals surface area contributed by atoms with Crippen LogP contribution in [0.3, 0.4) is 0 Å². The fourth-order valence-electron chi connectivity index (χ4n) is 2.66. The van der Waals surface area contributed by atoms with Crippen molar-refractivity contribution in [2.75, 3.05) is 12.4 Å². The first-order chi connectivity index (χ1) is 13.3. The first-order valence-corrected chi connectivity index (χ1v) is 9.28. The molecule has 9 heteroatoms. The number of benzene rings is 2. The van der Waals surface area contributed by atoms with Crippen molar-refractivity contribution in [1.82, 2.24) is 9.55 Å². The van der Waals surface area contributed by atoms with Crippen LogP contribution in [0.1, 0.15) is 12.5 Å². The van der Waals surface area contributed by atoms with Crippen molar-refractivity contribution in [3.63, 3.8) is 0 Å². The summed E-state index contributed by atoms with van der Waals surface area (Å²) in [6.07, 6.45) is -4.66. The van der Waals surface area contributed by atoms with E-state index in [0.717, 1.165) is 22.4 Å². The summed E-state index contributed by atoms with van der Waals surface area (Å²) in [6, 6.07) is 11.1. The van der Waals surface area contributed by atoms with Gasteiger partial charge in [0, 0.05) is 0 Å². The number of rotatable bonds is 5. The minimum atomic E-state index is -4.66. The van der Waals surface area contributed by atoms with Gasteiger partial charge in [0.15, 0.2) is 5.16 Å². The maximum Gasteiger partial charge on any atom is 0.418 e. The molecule has 1 aromatic heterocycles. The lowest BCUT2D eigenvalue weighted by Gasteiger charge is -2.17. The van der Waals surface area contributed by atoms with Crippen LogP contribution in [0.25, 0.3) is 16.6 Å². The number of para-hydroxylation sites is 2. The van der Waals surface area contributed by atoms with E-state index in [4.69, 9.17) is 4.74 Å². The predicted molar refractivity (Wildman–Crippen MR) is 99.7 cm³/mol. The molecule has 0 atom stereocenters. The van der Waals surface area contributed by atoms with Crippen LogP contribution in [0.15, 0.2) is 58.5 Å². The maximum atomic E-state index is 13.5. The number of carbonyl (C=O) groups excluding carboxylic acids is 1. The highest BCUT2D eigenvalue weighted by Crippen LogP contribution is 2.34. The van der Waals surface area contributed by atoms with Crippen LogP contribution in [-0.2, 0) is 15.7 Å². The number of alkyl halides is 3. The molecule has 0 saturated heterocycles. The molecular weight excluding hydrogens is 393 g/mol. The highest BCUT2D eigenvalue weighted by atomic mass is 32.2. The quantitative estimate of drug-likeness (QED) is 0.362. The average Bonchev–Trinajstić information content (AvgIpc) is 2.66. The van der Waals surface area contributed by atoms with Crippen LogP contribution in [0.5, 0.6) is 0 Å². The largest absolute Gasteiger partial charge is 0.465 e. The summed E-state index contributed by atoms with van der Waals surface area (Å²) >= 11 is 0.848. The van der Waals surface area contributed by atoms with E-state index in [1.54, 1.807) is 25.1 Å². The van der Waals surface area contributed by atoms with Crippen molar-refractivity contribution >= 4 is 28.6 Å². The molecule has 2 aromatic carbocycles. The van der Waals surface area contributed by atoms with E-state index in [1.807, 2.05) is 0 Å². The van der Waals surface area contributed by atoms with Crippen molar-refractivity contribution in [3.05, 3.63) is 64.4 Å². The van der Waals surface area contributed by atoms with E-state index in [1.165, 1.54) is 24.3 Å². The van der Waals surface area contributed by atoms with E-state index in [0.29, 0.717) is 5.52 Å². The molecule has 1 heterocycles. The van der Waals surface area contributed by atoms with Gasteiger partial charge in [0.1, 0.15) is 0 Å². The van der Waals surface area contributed by atoms with Gasteiger partial charge < -0.3 is 4.74 Å². The molecule has 0 bridgehead atoms. The Morgan fingerprint density at radius 3 is 2.54 bits per heavy atom. The van der Waals surface area contributed by atoms with Crippen LogP contribution in [0.4, 0.5) is 13.2 Å². The summed E-state index contributed by atoms with van der Waals surface area (Å²) in [5.41, 5.74) is -1.62. The molecule has 0 aliphatic carbocycles. The Hall–Kier alpha value is -2.81. The van der Waals surface area contributed by atoms with Gasteiger partial charge in [0.05, 0.1) is 34.5 Å². The topological polar surface area (TPSA) is 61.2 Å². The zero-order valence-corrected chi connectivity index (χ0v) is 15.5. The second kappa shape index (κ2) is 8.05. The molecule has 28 heavy (non-hydrogen) atoms. The number of ether oxygens (including phenoxy) is 1. The van der Waals surface area contributed by atoms with Gasteiger partial charge in [-0.1, -0.05) is 36.0 Å². The number of aromatic nitrogens is 2. The van der Waals surface area contributed by atoms with E-state index in [2.05, 4.69) is 4.98 Å². The van der Waals surface area contributed by atoms with Crippen molar-refractivity contribution < 1.29 is 22.7 Å². The highest BCUT2D eigenvalue weighted by molar-refractivity contribution is 7.99. The lowest BCUT2D eigenvalue weighted by Crippen LogP contribution is -2.25. The molecule has 0 unspecified atom stereocenters. The molecule has 0 fully saturated rings. The van der Waals surface area contributed by atoms with Crippen molar-refractivity contribution in [1.29, 1.82) is 0 Å². The molecule has 3 rings (SSSR count). The minimum Gasteiger partial charge on any atom is -0.465 e. The van der Waals surface area contributed by atoms with E-state index < -0.39 is 23.3 Å². The zero-order chi connectivity index (χ0) is 20.3. The average molecular weight is 408 g/mol. The zero-order valence-electron chi connectivity index (χ0n) is 14.7. The molecule has 0 spiro atoms. The molecule has 0 aliphatic heterocycles. The number of fused-ring (bicyclic) bond motifs is 1. The number of hydrogen-bond acceptors (Lipinski definition) is 5. The van der Waals surface area contributed by atoms with E-state index >= 15 is 0 Å². The molecule has 0 aliphatic rings. The lowest BCUT2D eigenvalue weighted by molar-refractivity contribution is -0.140. The van der Waals surface area contributed by atoms with Gasteiger partial charge in [-0.05, 0) is 31.2 Å². The lowest BCUT2D eigenvalue weighted by atomic mass is 10.1. The second-order valence-electron chi connectivity index (χ2n) is 5.66. The van der Waals surface area contributed by atoms with Crippen molar-refractivity contribution in [3.8, 4) is 5.69 Å². The third-order valence-corrected chi connectivity index (χ3v) is 4.73. The molecule has 0 N–H and O–H groups in total. The van der Waals surface area contributed by atoms with Gasteiger partial charge in [-0.15, -0.1) is 0 Å². The van der Waals surface area contributed by atoms with Crippen LogP contribution in [-0.4, -0.2) is 27.9 Å². The Bertz CT molecular complexity index is 1080. The molecular formula is C19H15F3N2O3S. The standard InChI is InChI=1S/C19H15F3N2O3S/c1-2-27-16(25)11-28-18-23-14-9-5-3-7-12(14)17(26)24(18)15-10-6-4-8-13(15)19(20,21)22/h3-10H,2,11H2,1H3. The van der Waals surface area contributed by atoms with Gasteiger partial charge in [-0.25, -0.2) is 4.98 Å². The van der Waals surface area contributed by atoms with E-state index in [9.17, 15) is 22.8 Å². The Balaban J connectivity index is 2.23. The Morgan fingerprint density at radius 1 is 1.14 bits per heavy atom. The Labute approximate surface area is 162 Å². The Morgan fingerprint density at radius 2 is 1.82 bits per heavy atom. The molecule has 3 aromatic rings. The SMILES string of the molecule is CCOC(=O)CSc1nc2ccccc2c(=O)n1-c1ccccc1C(F)(F)F. The van der Waals surface area contributed by atoms with Crippen LogP contribution < -0.4 is 5.56 Å². The smallest absolute Gasteiger partial charge is 0.418 e. The summed E-state index contributed by atoms with van der Waals surface area (Å²) < 4.78 is 46.3. The Kier molecular flexibility index (Phi) is 5.73. The van der Waals surface area contributed by atoms with Gasteiger partial charge in [-0.3, -0.25) is 14.2 Å². The van der Waals surface area contributed by atoms with Gasteiger partial charge in [-0.2, -0.15) is 13.2 Å². The molecule has 0 radical (unpaired) electrons. The molecule has 0 amide bonds. The normalized spacial score (nSPS) is 11.6. The third-order valence-electron chi connectivity index (χ3n) is 3.82. The molecule has 0 saturated carbocycles. The van der Waals surface area contributed by atoms with Crippen LogP contribution in [0.2, 0.25) is 0 Å². The van der Waals surface area contributed by atoms with Crippen LogP contribution in [0, 0.1) is 0 Å². The van der Waals surface area contributed by atoms with Gasteiger partial charge >= 0.3 is 12.1 Å². The number of nitrogens with zero attached hydrogens (tertiary/aromatic N) is 2. The maximum absolute atomic E-state index is 13.5. The first kappa shape index (κ1) is 19.9. The molecule has 146 valence electrons. The van der Waals surface area contributed by atoms with Gasteiger partial charge in [0.25, 0.3) is 5.56 Å². The predicted octanol–water partition coefficient (Wildman–Crippen LogP) is 4.06. The highest BCUT2D eigenvalue weighted by Gasteiger charge is 2.34. The van der Waals surface area contributed by atoms with Gasteiger partial charge in [0.2, 0.25) is 0 Å². The first-order valence-electron chi connectivity index (χ1n) is 8.29. The summed E-state index contributed by atoms with van der Waals surface area (Å²) in [5.74, 6) is -0.738. The summed E-state index contributed by atoms with van der Waals surface area (Å²) in [6.45, 7) is 1.82. The number of halogens is 3. The fraction of sp³-hybridized carbons (Fsp3) is 0.211. The second-order valence-corrected chi connectivity index (χ2v) is 6.60.